The van der Waals surface area contributed by atoms with E-state index in [1.165, 1.54) is 11.3 Å². The SMILES string of the molecule is CCC(C)C(C)NCc1csc(C(=O)O)n1. The number of nitrogens with one attached hydrogen (secondary N) is 1. The largest absolute Gasteiger partial charge is 0.476 e. The molecule has 0 fully saturated rings. The van der Waals surface area contributed by atoms with Crippen LogP contribution in [0.2, 0.25) is 0 Å². The van der Waals surface area contributed by atoms with E-state index >= 15 is 0 Å². The molecule has 0 radical (unpaired) electrons. The van der Waals surface area contributed by atoms with Crippen LogP contribution in [0.3, 0.4) is 0 Å². The van der Waals surface area contributed by atoms with Gasteiger partial charge in [0.1, 0.15) is 0 Å². The minimum absolute atomic E-state index is 0.160. The Balaban J connectivity index is 2.45. The molecular weight excluding hydrogens is 224 g/mol. The van der Waals surface area contributed by atoms with Crippen LogP contribution in [-0.2, 0) is 6.54 Å². The molecule has 1 heterocycles. The predicted molar refractivity (Wildman–Crippen MR) is 64.8 cm³/mol. The third-order valence-corrected chi connectivity index (χ3v) is 3.72. The van der Waals surface area contributed by atoms with E-state index in [0.29, 0.717) is 18.5 Å². The molecule has 1 aromatic rings. The second-order valence-electron chi connectivity index (χ2n) is 4.00. The molecule has 16 heavy (non-hydrogen) atoms. The van der Waals surface area contributed by atoms with Gasteiger partial charge in [0, 0.05) is 18.0 Å². The van der Waals surface area contributed by atoms with Gasteiger partial charge in [-0.15, -0.1) is 11.3 Å². The first-order chi connectivity index (χ1) is 7.54. The van der Waals surface area contributed by atoms with E-state index in [4.69, 9.17) is 5.11 Å². The molecule has 0 amide bonds. The van der Waals surface area contributed by atoms with Crippen LogP contribution < -0.4 is 5.32 Å². The van der Waals surface area contributed by atoms with Crippen LogP contribution in [0.4, 0.5) is 0 Å². The molecule has 1 aromatic heterocycles. The summed E-state index contributed by atoms with van der Waals surface area (Å²) in [6.07, 6.45) is 1.13. The Morgan fingerprint density at radius 3 is 2.81 bits per heavy atom. The fraction of sp³-hybridized carbons (Fsp3) is 0.636. The van der Waals surface area contributed by atoms with E-state index in [1.54, 1.807) is 5.38 Å². The van der Waals surface area contributed by atoms with Gasteiger partial charge in [0.25, 0.3) is 0 Å². The topological polar surface area (TPSA) is 62.2 Å². The van der Waals surface area contributed by atoms with Gasteiger partial charge in [-0.2, -0.15) is 0 Å². The number of carboxylic acid groups (broad SMARTS) is 1. The second kappa shape index (κ2) is 5.96. The summed E-state index contributed by atoms with van der Waals surface area (Å²) < 4.78 is 0. The Morgan fingerprint density at radius 1 is 1.62 bits per heavy atom. The number of rotatable bonds is 6. The number of thiazole rings is 1. The average Bonchev–Trinajstić information content (AvgIpc) is 2.73. The zero-order chi connectivity index (χ0) is 12.1. The minimum Gasteiger partial charge on any atom is -0.476 e. The van der Waals surface area contributed by atoms with Crippen molar-refractivity contribution in [1.29, 1.82) is 0 Å². The lowest BCUT2D eigenvalue weighted by atomic mass is 10.0. The van der Waals surface area contributed by atoms with E-state index in [0.717, 1.165) is 12.1 Å². The second-order valence-corrected chi connectivity index (χ2v) is 4.86. The van der Waals surface area contributed by atoms with Gasteiger partial charge in [-0.3, -0.25) is 0 Å². The molecule has 90 valence electrons. The number of carboxylic acids is 1. The van der Waals surface area contributed by atoms with E-state index in [-0.39, 0.29) is 5.01 Å². The first-order valence-electron chi connectivity index (χ1n) is 5.45. The molecule has 4 nitrogen and oxygen atoms in total. The van der Waals surface area contributed by atoms with Gasteiger partial charge < -0.3 is 10.4 Å². The summed E-state index contributed by atoms with van der Waals surface area (Å²) in [5.41, 5.74) is 0.803. The van der Waals surface area contributed by atoms with Crippen LogP contribution in [0.5, 0.6) is 0 Å². The molecule has 0 aliphatic rings. The molecule has 0 aliphatic carbocycles. The quantitative estimate of drug-likeness (QED) is 0.804. The standard InChI is InChI=1S/C11H18N2O2S/c1-4-7(2)8(3)12-5-9-6-16-10(13-9)11(14)15/h6-8,12H,4-5H2,1-3H3,(H,14,15). The Kier molecular flexibility index (Phi) is 4.89. The minimum atomic E-state index is -0.953. The lowest BCUT2D eigenvalue weighted by Gasteiger charge is -2.19. The summed E-state index contributed by atoms with van der Waals surface area (Å²) in [4.78, 5) is 14.7. The Morgan fingerprint density at radius 2 is 2.31 bits per heavy atom. The van der Waals surface area contributed by atoms with Gasteiger partial charge in [-0.05, 0) is 12.8 Å². The number of carbonyl (C=O) groups is 1. The molecule has 5 heteroatoms. The normalized spacial score (nSPS) is 14.7. The molecule has 0 aliphatic heterocycles. The number of aromatic carboxylic acids is 1. The summed E-state index contributed by atoms with van der Waals surface area (Å²) in [6.45, 7) is 7.13. The Labute approximate surface area is 99.7 Å². The number of hydrogen-bond donors (Lipinski definition) is 2. The van der Waals surface area contributed by atoms with Crippen molar-refractivity contribution >= 4 is 17.3 Å². The fourth-order valence-corrected chi connectivity index (χ4v) is 1.96. The first kappa shape index (κ1) is 13.1. The van der Waals surface area contributed by atoms with Crippen molar-refractivity contribution in [2.45, 2.75) is 39.8 Å². The molecule has 0 aromatic carbocycles. The highest BCUT2D eigenvalue weighted by atomic mass is 32.1. The van der Waals surface area contributed by atoms with E-state index in [2.05, 4.69) is 31.1 Å². The van der Waals surface area contributed by atoms with Gasteiger partial charge in [-0.25, -0.2) is 9.78 Å². The van der Waals surface area contributed by atoms with Crippen molar-refractivity contribution in [3.8, 4) is 0 Å². The highest BCUT2D eigenvalue weighted by molar-refractivity contribution is 7.11. The van der Waals surface area contributed by atoms with Crippen molar-refractivity contribution < 1.29 is 9.90 Å². The molecular formula is C11H18N2O2S. The van der Waals surface area contributed by atoms with Crippen LogP contribution in [0.1, 0.15) is 42.7 Å². The van der Waals surface area contributed by atoms with Gasteiger partial charge in [-0.1, -0.05) is 20.3 Å². The Bertz CT molecular complexity index is 352. The van der Waals surface area contributed by atoms with Gasteiger partial charge in [0.05, 0.1) is 5.69 Å². The van der Waals surface area contributed by atoms with Gasteiger partial charge in [0.15, 0.2) is 0 Å². The third-order valence-electron chi connectivity index (χ3n) is 2.84. The Hall–Kier alpha value is -0.940. The number of hydrogen-bond acceptors (Lipinski definition) is 4. The summed E-state index contributed by atoms with van der Waals surface area (Å²) in [5, 5.41) is 14.0. The van der Waals surface area contributed by atoms with Crippen LogP contribution >= 0.6 is 11.3 Å². The van der Waals surface area contributed by atoms with Gasteiger partial charge in [0.2, 0.25) is 5.01 Å². The maximum absolute atomic E-state index is 10.6. The molecule has 0 bridgehead atoms. The monoisotopic (exact) mass is 242 g/mol. The van der Waals surface area contributed by atoms with Crippen molar-refractivity contribution in [3.63, 3.8) is 0 Å². The van der Waals surface area contributed by atoms with Crippen molar-refractivity contribution in [2.75, 3.05) is 0 Å². The maximum Gasteiger partial charge on any atom is 0.365 e. The molecule has 0 spiro atoms. The van der Waals surface area contributed by atoms with E-state index < -0.39 is 5.97 Å². The smallest absolute Gasteiger partial charge is 0.365 e. The van der Waals surface area contributed by atoms with Crippen LogP contribution in [0.25, 0.3) is 0 Å². The maximum atomic E-state index is 10.6. The van der Waals surface area contributed by atoms with Crippen LogP contribution in [0, 0.1) is 5.92 Å². The van der Waals surface area contributed by atoms with Gasteiger partial charge >= 0.3 is 5.97 Å². The molecule has 2 unspecified atom stereocenters. The molecule has 1 rings (SSSR count). The van der Waals surface area contributed by atoms with Crippen molar-refractivity contribution in [2.24, 2.45) is 5.92 Å². The molecule has 2 atom stereocenters. The average molecular weight is 242 g/mol. The summed E-state index contributed by atoms with van der Waals surface area (Å²) in [6, 6.07) is 0.417. The number of aromatic nitrogens is 1. The molecule has 0 saturated carbocycles. The van der Waals surface area contributed by atoms with E-state index in [1.807, 2.05) is 0 Å². The highest BCUT2D eigenvalue weighted by Gasteiger charge is 2.12. The summed E-state index contributed by atoms with van der Waals surface area (Å²) in [5.74, 6) is -0.344. The van der Waals surface area contributed by atoms with Crippen LogP contribution in [0.15, 0.2) is 5.38 Å². The van der Waals surface area contributed by atoms with Crippen molar-refractivity contribution in [3.05, 3.63) is 16.1 Å². The summed E-state index contributed by atoms with van der Waals surface area (Å²) >= 11 is 1.17. The lowest BCUT2D eigenvalue weighted by Crippen LogP contribution is -2.31. The van der Waals surface area contributed by atoms with Crippen molar-refractivity contribution in [1.82, 2.24) is 10.3 Å². The van der Waals surface area contributed by atoms with Crippen LogP contribution in [-0.4, -0.2) is 22.1 Å². The molecule has 0 saturated heterocycles. The fourth-order valence-electron chi connectivity index (χ4n) is 1.31. The number of nitrogens with zero attached hydrogens (tertiary/aromatic N) is 1. The third kappa shape index (κ3) is 3.57. The molecule has 2 N–H and O–H groups in total. The predicted octanol–water partition coefficient (Wildman–Crippen LogP) is 2.37. The zero-order valence-electron chi connectivity index (χ0n) is 9.86. The lowest BCUT2D eigenvalue weighted by molar-refractivity contribution is 0.0696. The summed E-state index contributed by atoms with van der Waals surface area (Å²) in [7, 11) is 0. The zero-order valence-corrected chi connectivity index (χ0v) is 10.7. The first-order valence-corrected chi connectivity index (χ1v) is 6.33. The highest BCUT2D eigenvalue weighted by Crippen LogP contribution is 2.11. The van der Waals surface area contributed by atoms with E-state index in [9.17, 15) is 4.79 Å².